The quantitative estimate of drug-likeness (QED) is 0.628. The number of rotatable bonds is 4. The van der Waals surface area contributed by atoms with Crippen molar-refractivity contribution in [1.82, 2.24) is 10.0 Å². The van der Waals surface area contributed by atoms with Gasteiger partial charge in [0.25, 0.3) is 0 Å². The zero-order valence-corrected chi connectivity index (χ0v) is 10.2. The molecule has 0 atom stereocenters. The Bertz CT molecular complexity index is 418. The minimum atomic E-state index is 0.316. The monoisotopic (exact) mass is 235 g/mol. The fourth-order valence-corrected chi connectivity index (χ4v) is 1.85. The van der Waals surface area contributed by atoms with Gasteiger partial charge in [0.1, 0.15) is 12.4 Å². The predicted molar refractivity (Wildman–Crippen MR) is 64.9 cm³/mol. The molecular formula is C12H17N3O2. The largest absolute Gasteiger partial charge is 0.370 e. The first-order valence-corrected chi connectivity index (χ1v) is 5.73. The van der Waals surface area contributed by atoms with Gasteiger partial charge in [-0.25, -0.2) is 4.98 Å². The second-order valence-electron chi connectivity index (χ2n) is 4.27. The van der Waals surface area contributed by atoms with Crippen molar-refractivity contribution in [1.29, 1.82) is 0 Å². The van der Waals surface area contributed by atoms with Gasteiger partial charge < -0.3 is 5.32 Å². The third-order valence-electron chi connectivity index (χ3n) is 2.72. The summed E-state index contributed by atoms with van der Waals surface area (Å²) in [6, 6.07) is 1.91. The molecule has 0 fully saturated rings. The lowest BCUT2D eigenvalue weighted by Crippen LogP contribution is -2.18. The smallest absolute Gasteiger partial charge is 0.151 e. The normalized spacial score (nSPS) is 14.3. The molecule has 1 aliphatic rings. The fraction of sp³-hybridized carbons (Fsp3) is 0.500. The number of aromatic nitrogens is 1. The first kappa shape index (κ1) is 12.0. The topological polar surface area (TPSA) is 54.5 Å². The van der Waals surface area contributed by atoms with Gasteiger partial charge in [-0.05, 0) is 24.5 Å². The molecule has 1 aromatic heterocycles. The molecule has 2 rings (SSSR count). The van der Waals surface area contributed by atoms with Crippen LogP contribution in [0.1, 0.15) is 28.0 Å². The summed E-state index contributed by atoms with van der Waals surface area (Å²) < 4.78 is 0. The number of hydrogen-bond donors (Lipinski definition) is 1. The van der Waals surface area contributed by atoms with Gasteiger partial charge in [-0.1, -0.05) is 0 Å². The van der Waals surface area contributed by atoms with Crippen molar-refractivity contribution in [2.24, 2.45) is 0 Å². The third kappa shape index (κ3) is 2.81. The number of hydrogen-bond acceptors (Lipinski definition) is 5. The Morgan fingerprint density at radius 1 is 1.59 bits per heavy atom. The second-order valence-corrected chi connectivity index (χ2v) is 4.27. The van der Waals surface area contributed by atoms with Crippen molar-refractivity contribution in [3.05, 3.63) is 22.9 Å². The third-order valence-corrected chi connectivity index (χ3v) is 2.72. The first-order chi connectivity index (χ1) is 8.20. The molecule has 0 aliphatic carbocycles. The molecule has 5 heteroatoms. The van der Waals surface area contributed by atoms with Crippen LogP contribution in [0.15, 0.2) is 6.07 Å². The van der Waals surface area contributed by atoms with Crippen LogP contribution in [0.25, 0.3) is 0 Å². The zero-order valence-electron chi connectivity index (χ0n) is 10.2. The molecule has 0 saturated heterocycles. The van der Waals surface area contributed by atoms with E-state index in [4.69, 9.17) is 4.84 Å². The Kier molecular flexibility index (Phi) is 3.71. The molecule has 0 amide bonds. The van der Waals surface area contributed by atoms with E-state index in [1.165, 1.54) is 0 Å². The van der Waals surface area contributed by atoms with Gasteiger partial charge in [0, 0.05) is 26.2 Å². The highest BCUT2D eigenvalue weighted by molar-refractivity contribution is 5.78. The molecule has 0 unspecified atom stereocenters. The standard InChI is InChI=1S/C12H17N3O2/c1-15(2)17-8-11-10(7-16)6-9-4-3-5-13-12(9)14-11/h6-7H,3-5,8H2,1-2H3,(H,13,14). The van der Waals surface area contributed by atoms with Crippen LogP contribution in [0, 0.1) is 0 Å². The average Bonchev–Trinajstić information content (AvgIpc) is 2.35. The second kappa shape index (κ2) is 5.25. The van der Waals surface area contributed by atoms with Crippen LogP contribution < -0.4 is 5.32 Å². The van der Waals surface area contributed by atoms with Crippen molar-refractivity contribution in [3.8, 4) is 0 Å². The molecule has 2 heterocycles. The van der Waals surface area contributed by atoms with Crippen molar-refractivity contribution in [2.75, 3.05) is 26.0 Å². The van der Waals surface area contributed by atoms with E-state index >= 15 is 0 Å². The Labute approximate surface area is 101 Å². The van der Waals surface area contributed by atoms with Gasteiger partial charge in [0.2, 0.25) is 0 Å². The summed E-state index contributed by atoms with van der Waals surface area (Å²) in [5, 5.41) is 4.85. The van der Waals surface area contributed by atoms with Gasteiger partial charge in [0.15, 0.2) is 6.29 Å². The van der Waals surface area contributed by atoms with E-state index in [0.717, 1.165) is 37.1 Å². The molecule has 17 heavy (non-hydrogen) atoms. The van der Waals surface area contributed by atoms with Crippen LogP contribution in [0.5, 0.6) is 0 Å². The van der Waals surface area contributed by atoms with E-state index < -0.39 is 0 Å². The predicted octanol–water partition coefficient (Wildman–Crippen LogP) is 1.25. The number of carbonyl (C=O) groups excluding carboxylic acids is 1. The number of pyridine rings is 1. The Hall–Kier alpha value is -1.46. The van der Waals surface area contributed by atoms with Crippen LogP contribution in [0.4, 0.5) is 5.82 Å². The van der Waals surface area contributed by atoms with Crippen LogP contribution in [0.3, 0.4) is 0 Å². The average molecular weight is 235 g/mol. The molecule has 0 bridgehead atoms. The molecule has 0 spiro atoms. The summed E-state index contributed by atoms with van der Waals surface area (Å²) in [5.41, 5.74) is 2.42. The van der Waals surface area contributed by atoms with Crippen LogP contribution in [-0.4, -0.2) is 37.0 Å². The summed E-state index contributed by atoms with van der Waals surface area (Å²) in [6.07, 6.45) is 2.90. The van der Waals surface area contributed by atoms with Gasteiger partial charge in [-0.15, -0.1) is 0 Å². The molecule has 5 nitrogen and oxygen atoms in total. The molecule has 92 valence electrons. The Balaban J connectivity index is 2.26. The number of nitrogens with zero attached hydrogens (tertiary/aromatic N) is 2. The highest BCUT2D eigenvalue weighted by Crippen LogP contribution is 2.22. The number of anilines is 1. The van der Waals surface area contributed by atoms with E-state index in [-0.39, 0.29) is 0 Å². The van der Waals surface area contributed by atoms with Crippen molar-refractivity contribution in [3.63, 3.8) is 0 Å². The molecule has 0 saturated carbocycles. The lowest BCUT2D eigenvalue weighted by atomic mass is 10.0. The number of nitrogens with one attached hydrogen (secondary N) is 1. The highest BCUT2D eigenvalue weighted by atomic mass is 16.7. The van der Waals surface area contributed by atoms with E-state index in [2.05, 4.69) is 10.3 Å². The Morgan fingerprint density at radius 2 is 2.41 bits per heavy atom. The lowest BCUT2D eigenvalue weighted by Gasteiger charge is -2.19. The number of carbonyl (C=O) groups is 1. The maximum absolute atomic E-state index is 11.0. The number of aryl methyl sites for hydroxylation is 1. The zero-order chi connectivity index (χ0) is 12.3. The van der Waals surface area contributed by atoms with E-state index in [0.29, 0.717) is 17.9 Å². The minimum absolute atomic E-state index is 0.316. The summed E-state index contributed by atoms with van der Waals surface area (Å²) >= 11 is 0. The van der Waals surface area contributed by atoms with Crippen molar-refractivity contribution >= 4 is 12.1 Å². The number of fused-ring (bicyclic) bond motifs is 1. The van der Waals surface area contributed by atoms with Gasteiger partial charge in [-0.3, -0.25) is 9.63 Å². The van der Waals surface area contributed by atoms with E-state index in [1.54, 1.807) is 19.2 Å². The lowest BCUT2D eigenvalue weighted by molar-refractivity contribution is -0.131. The summed E-state index contributed by atoms with van der Waals surface area (Å²) in [4.78, 5) is 20.8. The molecule has 1 aromatic rings. The fourth-order valence-electron chi connectivity index (χ4n) is 1.85. The van der Waals surface area contributed by atoms with Crippen LogP contribution >= 0.6 is 0 Å². The molecule has 1 N–H and O–H groups in total. The maximum atomic E-state index is 11.0. The van der Waals surface area contributed by atoms with Gasteiger partial charge in [-0.2, -0.15) is 5.06 Å². The Morgan fingerprint density at radius 3 is 3.12 bits per heavy atom. The number of hydroxylamine groups is 2. The highest BCUT2D eigenvalue weighted by Gasteiger charge is 2.14. The first-order valence-electron chi connectivity index (χ1n) is 5.73. The SMILES string of the molecule is CN(C)OCc1nc2c(cc1C=O)CCCN2. The van der Waals surface area contributed by atoms with Gasteiger partial charge in [0.05, 0.1) is 5.69 Å². The van der Waals surface area contributed by atoms with Crippen LogP contribution in [0.2, 0.25) is 0 Å². The van der Waals surface area contributed by atoms with E-state index in [1.807, 2.05) is 6.07 Å². The summed E-state index contributed by atoms with van der Waals surface area (Å²) in [6.45, 7) is 1.25. The summed E-state index contributed by atoms with van der Waals surface area (Å²) in [7, 11) is 3.61. The van der Waals surface area contributed by atoms with Crippen molar-refractivity contribution in [2.45, 2.75) is 19.4 Å². The van der Waals surface area contributed by atoms with Gasteiger partial charge >= 0.3 is 0 Å². The molecule has 1 aliphatic heterocycles. The van der Waals surface area contributed by atoms with Crippen molar-refractivity contribution < 1.29 is 9.63 Å². The molecular weight excluding hydrogens is 218 g/mol. The van der Waals surface area contributed by atoms with Crippen LogP contribution in [-0.2, 0) is 17.9 Å². The summed E-state index contributed by atoms with van der Waals surface area (Å²) in [5.74, 6) is 0.888. The van der Waals surface area contributed by atoms with E-state index in [9.17, 15) is 4.79 Å². The molecule has 0 radical (unpaired) electrons. The number of aldehydes is 1. The molecule has 0 aromatic carbocycles. The minimum Gasteiger partial charge on any atom is -0.370 e. The maximum Gasteiger partial charge on any atom is 0.151 e.